The van der Waals surface area contributed by atoms with Crippen LogP contribution in [0.5, 0.6) is 5.75 Å². The van der Waals surface area contributed by atoms with Crippen molar-refractivity contribution in [2.24, 2.45) is 0 Å². The number of carbonyl (C=O) groups excluding carboxylic acids is 1. The Morgan fingerprint density at radius 1 is 1.13 bits per heavy atom. The highest BCUT2D eigenvalue weighted by Gasteiger charge is 2.44. The van der Waals surface area contributed by atoms with Gasteiger partial charge < -0.3 is 10.1 Å². The molecular formula is C22H23N3O4S. The molecule has 4 rings (SSSR count). The van der Waals surface area contributed by atoms with Crippen LogP contribution >= 0.6 is 0 Å². The topological polar surface area (TPSA) is 99.5 Å². The van der Waals surface area contributed by atoms with E-state index >= 15 is 0 Å². The Hall–Kier alpha value is -2.89. The van der Waals surface area contributed by atoms with Gasteiger partial charge in [0, 0.05) is 24.3 Å². The van der Waals surface area contributed by atoms with E-state index in [0.717, 1.165) is 31.2 Å². The fourth-order valence-corrected chi connectivity index (χ4v) is 5.45. The molecule has 8 heteroatoms. The first-order valence-electron chi connectivity index (χ1n) is 9.91. The lowest BCUT2D eigenvalue weighted by molar-refractivity contribution is 0.102. The summed E-state index contributed by atoms with van der Waals surface area (Å²) in [5.74, 6) is -0.196. The number of nitriles is 1. The average molecular weight is 426 g/mol. The van der Waals surface area contributed by atoms with Crippen molar-refractivity contribution in [2.75, 3.05) is 25.5 Å². The Morgan fingerprint density at radius 3 is 2.37 bits per heavy atom. The molecule has 0 atom stereocenters. The van der Waals surface area contributed by atoms with Gasteiger partial charge in [-0.05, 0) is 61.6 Å². The maximum absolute atomic E-state index is 13.0. The normalized spacial score (nSPS) is 17.9. The van der Waals surface area contributed by atoms with Crippen LogP contribution in [0.2, 0.25) is 0 Å². The molecule has 1 N–H and O–H groups in total. The number of rotatable bonds is 6. The molecule has 156 valence electrons. The lowest BCUT2D eigenvalue weighted by Gasteiger charge is -2.18. The Balaban J connectivity index is 1.56. The second-order valence-corrected chi connectivity index (χ2v) is 9.61. The second-order valence-electron chi connectivity index (χ2n) is 7.70. The molecule has 2 aliphatic rings. The monoisotopic (exact) mass is 425 g/mol. The maximum Gasteiger partial charge on any atom is 0.255 e. The summed E-state index contributed by atoms with van der Waals surface area (Å²) in [6.07, 6.45) is 3.36. The largest absolute Gasteiger partial charge is 0.495 e. The van der Waals surface area contributed by atoms with Crippen LogP contribution in [-0.2, 0) is 15.4 Å². The van der Waals surface area contributed by atoms with E-state index < -0.39 is 15.9 Å². The SMILES string of the molecule is COc1ccc(C(=O)Nc2ccc(C3(C#N)CC3)cc2)cc1S(=O)(=O)N1CCCC1. The number of ether oxygens (including phenoxy) is 1. The third kappa shape index (κ3) is 3.66. The van der Waals surface area contributed by atoms with E-state index in [0.29, 0.717) is 18.8 Å². The summed E-state index contributed by atoms with van der Waals surface area (Å²) in [7, 11) is -2.32. The smallest absolute Gasteiger partial charge is 0.255 e. The van der Waals surface area contributed by atoms with Gasteiger partial charge in [-0.25, -0.2) is 8.42 Å². The van der Waals surface area contributed by atoms with Crippen LogP contribution < -0.4 is 10.1 Å². The van der Waals surface area contributed by atoms with E-state index in [9.17, 15) is 18.5 Å². The third-order valence-corrected chi connectivity index (χ3v) is 7.69. The van der Waals surface area contributed by atoms with Gasteiger partial charge in [0.25, 0.3) is 5.91 Å². The molecule has 1 amide bonds. The van der Waals surface area contributed by atoms with E-state index in [1.165, 1.54) is 23.5 Å². The van der Waals surface area contributed by atoms with E-state index in [1.54, 1.807) is 18.2 Å². The van der Waals surface area contributed by atoms with Gasteiger partial charge in [-0.2, -0.15) is 9.57 Å². The number of nitrogens with zero attached hydrogens (tertiary/aromatic N) is 2. The summed E-state index contributed by atoms with van der Waals surface area (Å²) in [5.41, 5.74) is 1.38. The number of methoxy groups -OCH3 is 1. The quantitative estimate of drug-likeness (QED) is 0.766. The molecule has 1 aliphatic carbocycles. The summed E-state index contributed by atoms with van der Waals surface area (Å²) in [4.78, 5) is 12.8. The predicted octanol–water partition coefficient (Wildman–Crippen LogP) is 3.29. The lowest BCUT2D eigenvalue weighted by Crippen LogP contribution is -2.28. The minimum absolute atomic E-state index is 0.000377. The van der Waals surface area contributed by atoms with Crippen molar-refractivity contribution in [3.8, 4) is 11.8 Å². The van der Waals surface area contributed by atoms with Crippen LogP contribution in [0.4, 0.5) is 5.69 Å². The zero-order valence-electron chi connectivity index (χ0n) is 16.7. The van der Waals surface area contributed by atoms with Crippen molar-refractivity contribution < 1.29 is 17.9 Å². The number of sulfonamides is 1. The van der Waals surface area contributed by atoms with Crippen molar-refractivity contribution in [1.82, 2.24) is 4.31 Å². The van der Waals surface area contributed by atoms with Crippen LogP contribution in [-0.4, -0.2) is 38.8 Å². The van der Waals surface area contributed by atoms with Crippen LogP contribution in [0.3, 0.4) is 0 Å². The van der Waals surface area contributed by atoms with Crippen LogP contribution in [0.25, 0.3) is 0 Å². The van der Waals surface area contributed by atoms with Gasteiger partial charge in [0.05, 0.1) is 18.6 Å². The molecule has 2 aromatic rings. The van der Waals surface area contributed by atoms with Gasteiger partial charge >= 0.3 is 0 Å². The number of anilines is 1. The van der Waals surface area contributed by atoms with Gasteiger partial charge in [0.1, 0.15) is 10.6 Å². The Kier molecular flexibility index (Phi) is 5.26. The van der Waals surface area contributed by atoms with Gasteiger partial charge in [0.2, 0.25) is 10.0 Å². The highest BCUT2D eigenvalue weighted by molar-refractivity contribution is 7.89. The van der Waals surface area contributed by atoms with Crippen molar-refractivity contribution in [3.63, 3.8) is 0 Å². The van der Waals surface area contributed by atoms with Gasteiger partial charge in [0.15, 0.2) is 0 Å². The molecule has 7 nitrogen and oxygen atoms in total. The first-order valence-corrected chi connectivity index (χ1v) is 11.3. The van der Waals surface area contributed by atoms with E-state index in [-0.39, 0.29) is 21.6 Å². The number of hydrogen-bond donors (Lipinski definition) is 1. The molecule has 0 radical (unpaired) electrons. The number of amides is 1. The molecule has 30 heavy (non-hydrogen) atoms. The van der Waals surface area contributed by atoms with Gasteiger partial charge in [-0.1, -0.05) is 12.1 Å². The molecule has 0 spiro atoms. The van der Waals surface area contributed by atoms with Crippen molar-refractivity contribution in [2.45, 2.75) is 36.0 Å². The summed E-state index contributed by atoms with van der Waals surface area (Å²) < 4.78 is 32.7. The average Bonchev–Trinajstić information content (AvgIpc) is 3.36. The Bertz CT molecular complexity index is 1110. The molecule has 2 fully saturated rings. The predicted molar refractivity (Wildman–Crippen MR) is 112 cm³/mol. The van der Waals surface area contributed by atoms with Crippen molar-refractivity contribution >= 4 is 21.6 Å². The third-order valence-electron chi connectivity index (χ3n) is 5.77. The van der Waals surface area contributed by atoms with Crippen LogP contribution in [0, 0.1) is 11.3 Å². The van der Waals surface area contributed by atoms with Crippen LogP contribution in [0.15, 0.2) is 47.4 Å². The highest BCUT2D eigenvalue weighted by atomic mass is 32.2. The minimum atomic E-state index is -3.73. The molecular weight excluding hydrogens is 402 g/mol. The molecule has 1 heterocycles. The summed E-state index contributed by atoms with van der Waals surface area (Å²) in [6, 6.07) is 14.0. The van der Waals surface area contributed by atoms with Crippen molar-refractivity contribution in [1.29, 1.82) is 5.26 Å². The summed E-state index contributed by atoms with van der Waals surface area (Å²) >= 11 is 0. The first kappa shape index (κ1) is 20.4. The Labute approximate surface area is 176 Å². The molecule has 1 saturated carbocycles. The fraction of sp³-hybridized carbons (Fsp3) is 0.364. The van der Waals surface area contributed by atoms with Crippen LogP contribution in [0.1, 0.15) is 41.6 Å². The summed E-state index contributed by atoms with van der Waals surface area (Å²) in [6.45, 7) is 0.941. The fourth-order valence-electron chi connectivity index (χ4n) is 3.75. The van der Waals surface area contributed by atoms with Gasteiger partial charge in [-0.3, -0.25) is 4.79 Å². The van der Waals surface area contributed by atoms with Crippen molar-refractivity contribution in [3.05, 3.63) is 53.6 Å². The second kappa shape index (κ2) is 7.74. The lowest BCUT2D eigenvalue weighted by atomic mass is 9.98. The van der Waals surface area contributed by atoms with E-state index in [1.807, 2.05) is 12.1 Å². The molecule has 0 unspecified atom stereocenters. The molecule has 0 bridgehead atoms. The molecule has 2 aromatic carbocycles. The zero-order chi connectivity index (χ0) is 21.4. The highest BCUT2D eigenvalue weighted by Crippen LogP contribution is 2.47. The van der Waals surface area contributed by atoms with Gasteiger partial charge in [-0.15, -0.1) is 0 Å². The molecule has 1 aliphatic heterocycles. The number of carbonyl (C=O) groups is 1. The van der Waals surface area contributed by atoms with E-state index in [2.05, 4.69) is 11.4 Å². The van der Waals surface area contributed by atoms with E-state index in [4.69, 9.17) is 4.74 Å². The molecule has 0 aromatic heterocycles. The Morgan fingerprint density at radius 2 is 1.80 bits per heavy atom. The molecule has 1 saturated heterocycles. The summed E-state index contributed by atoms with van der Waals surface area (Å²) in [5, 5.41) is 12.1. The zero-order valence-corrected chi connectivity index (χ0v) is 17.5. The number of nitrogens with one attached hydrogen (secondary N) is 1. The number of hydrogen-bond acceptors (Lipinski definition) is 5. The first-order chi connectivity index (χ1) is 14.4. The minimum Gasteiger partial charge on any atom is -0.495 e. The maximum atomic E-state index is 13.0. The standard InChI is InChI=1S/C22H23N3O4S/c1-29-19-9-4-16(14-20(19)30(27,28)25-12-2-3-13-25)21(26)24-18-7-5-17(6-8-18)22(15-23)10-11-22/h4-9,14H,2-3,10-13H2,1H3,(H,24,26). The number of benzene rings is 2.